The van der Waals surface area contributed by atoms with E-state index in [1.807, 2.05) is 26.8 Å². The number of amides is 2. The molecule has 1 atom stereocenters. The number of carbonyl (C=O) groups is 1. The van der Waals surface area contributed by atoms with Crippen molar-refractivity contribution >= 4 is 23.3 Å². The number of halogens is 1. The number of aliphatic hydroxyl groups excluding tert-OH is 1. The van der Waals surface area contributed by atoms with E-state index in [-0.39, 0.29) is 24.6 Å². The van der Waals surface area contributed by atoms with Gasteiger partial charge in [0.05, 0.1) is 10.7 Å². The second kappa shape index (κ2) is 7.36. The van der Waals surface area contributed by atoms with E-state index in [1.165, 1.54) is 0 Å². The van der Waals surface area contributed by atoms with Crippen LogP contribution in [0.25, 0.3) is 0 Å². The Morgan fingerprint density at radius 2 is 2.11 bits per heavy atom. The fourth-order valence-electron chi connectivity index (χ4n) is 1.76. The lowest BCUT2D eigenvalue weighted by Crippen LogP contribution is -2.41. The van der Waals surface area contributed by atoms with Gasteiger partial charge < -0.3 is 15.7 Å². The second-order valence-corrected chi connectivity index (χ2v) is 5.35. The van der Waals surface area contributed by atoms with Gasteiger partial charge >= 0.3 is 6.03 Å². The van der Waals surface area contributed by atoms with E-state index in [1.54, 1.807) is 12.1 Å². The van der Waals surface area contributed by atoms with Crippen molar-refractivity contribution in [3.8, 4) is 0 Å². The highest BCUT2D eigenvalue weighted by atomic mass is 35.5. The third-order valence-corrected chi connectivity index (χ3v) is 3.25. The van der Waals surface area contributed by atoms with E-state index >= 15 is 0 Å². The molecule has 1 rings (SSSR count). The minimum absolute atomic E-state index is 0.0500. The normalized spacial score (nSPS) is 12.3. The third kappa shape index (κ3) is 5.09. The van der Waals surface area contributed by atoms with Crippen LogP contribution in [0.4, 0.5) is 10.5 Å². The molecule has 2 amide bonds. The summed E-state index contributed by atoms with van der Waals surface area (Å²) in [5.41, 5.74) is 1.62. The van der Waals surface area contributed by atoms with E-state index in [0.29, 0.717) is 17.1 Å². The predicted octanol–water partition coefficient (Wildman–Crippen LogP) is 3.18. The largest absolute Gasteiger partial charge is 0.396 e. The topological polar surface area (TPSA) is 61.4 Å². The molecule has 0 saturated carbocycles. The summed E-state index contributed by atoms with van der Waals surface area (Å²) < 4.78 is 0. The Labute approximate surface area is 119 Å². The molecule has 1 unspecified atom stereocenters. The highest BCUT2D eigenvalue weighted by Gasteiger charge is 2.16. The van der Waals surface area contributed by atoms with Gasteiger partial charge in [0, 0.05) is 12.6 Å². The van der Waals surface area contributed by atoms with E-state index in [0.717, 1.165) is 5.56 Å². The molecule has 106 valence electrons. The zero-order valence-corrected chi connectivity index (χ0v) is 12.3. The molecular formula is C14H21ClN2O2. The number of anilines is 1. The summed E-state index contributed by atoms with van der Waals surface area (Å²) in [6.07, 6.45) is 0.534. The van der Waals surface area contributed by atoms with Crippen LogP contribution in [0.15, 0.2) is 18.2 Å². The maximum Gasteiger partial charge on any atom is 0.319 e. The SMILES string of the molecule is Cc1ccc(NC(=O)NC(CCO)C(C)C)c(Cl)c1. The Kier molecular flexibility index (Phi) is 6.12. The Hall–Kier alpha value is -1.26. The van der Waals surface area contributed by atoms with E-state index < -0.39 is 0 Å². The number of rotatable bonds is 5. The Balaban J connectivity index is 2.63. The lowest BCUT2D eigenvalue weighted by molar-refractivity contribution is 0.227. The summed E-state index contributed by atoms with van der Waals surface area (Å²) >= 11 is 6.05. The minimum Gasteiger partial charge on any atom is -0.396 e. The van der Waals surface area contributed by atoms with Crippen molar-refractivity contribution in [2.24, 2.45) is 5.92 Å². The lowest BCUT2D eigenvalue weighted by Gasteiger charge is -2.22. The molecule has 0 saturated heterocycles. The average Bonchev–Trinajstić information content (AvgIpc) is 2.32. The highest BCUT2D eigenvalue weighted by Crippen LogP contribution is 2.22. The molecule has 1 aromatic rings. The molecule has 0 radical (unpaired) electrons. The zero-order chi connectivity index (χ0) is 14.4. The maximum absolute atomic E-state index is 11.9. The van der Waals surface area contributed by atoms with Crippen LogP contribution in [0.1, 0.15) is 25.8 Å². The summed E-state index contributed by atoms with van der Waals surface area (Å²) in [5, 5.41) is 15.0. The molecule has 19 heavy (non-hydrogen) atoms. The van der Waals surface area contributed by atoms with Crippen LogP contribution >= 0.6 is 11.6 Å². The third-order valence-electron chi connectivity index (χ3n) is 2.93. The van der Waals surface area contributed by atoms with E-state index in [4.69, 9.17) is 16.7 Å². The molecule has 0 aliphatic heterocycles. The molecule has 0 aromatic heterocycles. The number of aryl methyl sites for hydroxylation is 1. The van der Waals surface area contributed by atoms with Crippen LogP contribution in [-0.2, 0) is 0 Å². The zero-order valence-electron chi connectivity index (χ0n) is 11.5. The van der Waals surface area contributed by atoms with Crippen molar-refractivity contribution in [2.75, 3.05) is 11.9 Å². The van der Waals surface area contributed by atoms with Crippen LogP contribution in [0.3, 0.4) is 0 Å². The Bertz CT molecular complexity index is 435. The number of hydrogen-bond acceptors (Lipinski definition) is 2. The van der Waals surface area contributed by atoms with Gasteiger partial charge in [-0.2, -0.15) is 0 Å². The lowest BCUT2D eigenvalue weighted by atomic mass is 10.0. The van der Waals surface area contributed by atoms with Gasteiger partial charge in [-0.1, -0.05) is 31.5 Å². The van der Waals surface area contributed by atoms with E-state index in [9.17, 15) is 4.79 Å². The van der Waals surface area contributed by atoms with Crippen LogP contribution in [0.5, 0.6) is 0 Å². The second-order valence-electron chi connectivity index (χ2n) is 4.94. The van der Waals surface area contributed by atoms with Crippen LogP contribution in [-0.4, -0.2) is 23.8 Å². The van der Waals surface area contributed by atoms with Gasteiger partial charge in [0.15, 0.2) is 0 Å². The van der Waals surface area contributed by atoms with Gasteiger partial charge in [0.25, 0.3) is 0 Å². The number of urea groups is 1. The number of carbonyl (C=O) groups excluding carboxylic acids is 1. The van der Waals surface area contributed by atoms with Gasteiger partial charge in [0.2, 0.25) is 0 Å². The Morgan fingerprint density at radius 1 is 1.42 bits per heavy atom. The first-order valence-electron chi connectivity index (χ1n) is 6.38. The number of aliphatic hydroxyl groups is 1. The van der Waals surface area contributed by atoms with Gasteiger partial charge in [-0.15, -0.1) is 0 Å². The number of nitrogens with one attached hydrogen (secondary N) is 2. The molecule has 0 heterocycles. The highest BCUT2D eigenvalue weighted by molar-refractivity contribution is 6.33. The molecule has 5 heteroatoms. The fraction of sp³-hybridized carbons (Fsp3) is 0.500. The van der Waals surface area contributed by atoms with Gasteiger partial charge in [-0.05, 0) is 37.0 Å². The molecule has 0 bridgehead atoms. The first-order chi connectivity index (χ1) is 8.93. The fourth-order valence-corrected chi connectivity index (χ4v) is 2.04. The molecule has 1 aromatic carbocycles. The molecule has 0 spiro atoms. The van der Waals surface area contributed by atoms with Crippen LogP contribution < -0.4 is 10.6 Å². The van der Waals surface area contributed by atoms with Crippen molar-refractivity contribution < 1.29 is 9.90 Å². The first kappa shape index (κ1) is 15.8. The maximum atomic E-state index is 11.9. The monoisotopic (exact) mass is 284 g/mol. The van der Waals surface area contributed by atoms with Gasteiger partial charge in [-0.3, -0.25) is 0 Å². The molecule has 0 aliphatic rings. The Morgan fingerprint density at radius 3 is 2.63 bits per heavy atom. The van der Waals surface area contributed by atoms with Crippen LogP contribution in [0.2, 0.25) is 5.02 Å². The van der Waals surface area contributed by atoms with Crippen molar-refractivity contribution in [1.82, 2.24) is 5.32 Å². The molecule has 3 N–H and O–H groups in total. The van der Waals surface area contributed by atoms with Gasteiger partial charge in [0.1, 0.15) is 0 Å². The summed E-state index contributed by atoms with van der Waals surface area (Å²) in [7, 11) is 0. The number of hydrogen-bond donors (Lipinski definition) is 3. The molecule has 0 fully saturated rings. The first-order valence-corrected chi connectivity index (χ1v) is 6.76. The van der Waals surface area contributed by atoms with E-state index in [2.05, 4.69) is 10.6 Å². The minimum atomic E-state index is -0.307. The number of benzene rings is 1. The predicted molar refractivity (Wildman–Crippen MR) is 78.7 cm³/mol. The summed E-state index contributed by atoms with van der Waals surface area (Å²) in [6.45, 7) is 5.99. The molecule has 4 nitrogen and oxygen atoms in total. The average molecular weight is 285 g/mol. The van der Waals surface area contributed by atoms with Crippen molar-refractivity contribution in [1.29, 1.82) is 0 Å². The van der Waals surface area contributed by atoms with Crippen molar-refractivity contribution in [3.63, 3.8) is 0 Å². The van der Waals surface area contributed by atoms with Crippen molar-refractivity contribution in [3.05, 3.63) is 28.8 Å². The smallest absolute Gasteiger partial charge is 0.319 e. The summed E-state index contributed by atoms with van der Waals surface area (Å²) in [6, 6.07) is 5.08. The summed E-state index contributed by atoms with van der Waals surface area (Å²) in [4.78, 5) is 11.9. The standard InChI is InChI=1S/C14H21ClN2O2/c1-9(2)12(6-7-18)16-14(19)17-13-5-4-10(3)8-11(13)15/h4-5,8-9,12,18H,6-7H2,1-3H3,(H2,16,17,19). The molecular weight excluding hydrogens is 264 g/mol. The van der Waals surface area contributed by atoms with Crippen molar-refractivity contribution in [2.45, 2.75) is 33.2 Å². The summed E-state index contributed by atoms with van der Waals surface area (Å²) in [5.74, 6) is 0.256. The van der Waals surface area contributed by atoms with Crippen LogP contribution in [0, 0.1) is 12.8 Å². The van der Waals surface area contributed by atoms with Gasteiger partial charge in [-0.25, -0.2) is 4.79 Å². The molecule has 0 aliphatic carbocycles. The quantitative estimate of drug-likeness (QED) is 0.778.